The molecule has 1 atom stereocenters. The predicted octanol–water partition coefficient (Wildman–Crippen LogP) is 5.22. The molecule has 1 N–H and O–H groups in total. The van der Waals surface area contributed by atoms with Gasteiger partial charge in [-0.15, -0.1) is 0 Å². The summed E-state index contributed by atoms with van der Waals surface area (Å²) in [5.74, 6) is -0.999. The number of hydrogen-bond acceptors (Lipinski definition) is 3. The molecule has 0 saturated heterocycles. The lowest BCUT2D eigenvalue weighted by Crippen LogP contribution is -2.15. The molecule has 0 aliphatic rings. The summed E-state index contributed by atoms with van der Waals surface area (Å²) in [5.41, 5.74) is 3.11. The molecule has 3 aromatic rings. The number of rotatable bonds is 6. The maximum Gasteiger partial charge on any atom is 0.337 e. The molecule has 1 aromatic heterocycles. The third kappa shape index (κ3) is 4.28. The lowest BCUT2D eigenvalue weighted by molar-refractivity contribution is -0.150. The molecule has 26 heavy (non-hydrogen) atoms. The van der Waals surface area contributed by atoms with Crippen LogP contribution in [0.4, 0.5) is 0 Å². The molecular weight excluding hydrogens is 350 g/mol. The summed E-state index contributed by atoms with van der Waals surface area (Å²) in [7, 11) is 0. The average Bonchev–Trinajstić information content (AvgIpc) is 2.64. The van der Waals surface area contributed by atoms with E-state index in [-0.39, 0.29) is 0 Å². The molecule has 0 aliphatic heterocycles. The molecule has 132 valence electrons. The molecule has 1 heterocycles. The smallest absolute Gasteiger partial charge is 0.337 e. The number of nitrogens with zero attached hydrogens (tertiary/aromatic N) is 1. The van der Waals surface area contributed by atoms with Crippen LogP contribution in [0.3, 0.4) is 0 Å². The lowest BCUT2D eigenvalue weighted by Gasteiger charge is -2.13. The van der Waals surface area contributed by atoms with E-state index in [2.05, 4.69) is 4.98 Å². The van der Waals surface area contributed by atoms with E-state index in [0.29, 0.717) is 17.2 Å². The Bertz CT molecular complexity index is 968. The van der Waals surface area contributed by atoms with Gasteiger partial charge in [-0.05, 0) is 48.4 Å². The molecule has 0 unspecified atom stereocenters. The van der Waals surface area contributed by atoms with Crippen molar-refractivity contribution >= 4 is 40.6 Å². The number of carbonyl (C=O) groups is 1. The molecule has 0 spiro atoms. The van der Waals surface area contributed by atoms with Crippen molar-refractivity contribution in [2.45, 2.75) is 13.0 Å². The van der Waals surface area contributed by atoms with Crippen molar-refractivity contribution in [3.63, 3.8) is 0 Å². The first-order valence-corrected chi connectivity index (χ1v) is 8.63. The highest BCUT2D eigenvalue weighted by Gasteiger charge is 2.19. The second-order valence-corrected chi connectivity index (χ2v) is 6.19. The van der Waals surface area contributed by atoms with E-state index < -0.39 is 12.1 Å². The molecule has 0 radical (unpaired) electrons. The van der Waals surface area contributed by atoms with Crippen LogP contribution in [0.2, 0.25) is 5.02 Å². The second kappa shape index (κ2) is 8.13. The van der Waals surface area contributed by atoms with Crippen LogP contribution >= 0.6 is 11.6 Å². The highest BCUT2D eigenvalue weighted by molar-refractivity contribution is 6.31. The van der Waals surface area contributed by atoms with Crippen LogP contribution in [0.5, 0.6) is 0 Å². The summed E-state index contributed by atoms with van der Waals surface area (Å²) in [5, 5.41) is 11.0. The topological polar surface area (TPSA) is 59.4 Å². The third-order valence-corrected chi connectivity index (χ3v) is 4.13. The lowest BCUT2D eigenvalue weighted by atomic mass is 10.1. The van der Waals surface area contributed by atoms with Crippen molar-refractivity contribution in [3.05, 3.63) is 76.4 Å². The van der Waals surface area contributed by atoms with Crippen LogP contribution in [0.15, 0.2) is 54.6 Å². The van der Waals surface area contributed by atoms with Crippen molar-refractivity contribution in [2.75, 3.05) is 6.61 Å². The SMILES string of the molecule is CCO[C@@H](C(=O)O)c1cccc(C=Cc2ccc3ccc(Cl)cc3n2)c1. The van der Waals surface area contributed by atoms with Gasteiger partial charge in [0, 0.05) is 17.0 Å². The Balaban J connectivity index is 1.86. The van der Waals surface area contributed by atoms with Gasteiger partial charge in [-0.3, -0.25) is 0 Å². The van der Waals surface area contributed by atoms with Crippen molar-refractivity contribution in [3.8, 4) is 0 Å². The Hall–Kier alpha value is -2.69. The minimum absolute atomic E-state index is 0.334. The van der Waals surface area contributed by atoms with Gasteiger partial charge in [0.05, 0.1) is 11.2 Å². The summed E-state index contributed by atoms with van der Waals surface area (Å²) in [6, 6.07) is 16.8. The second-order valence-electron chi connectivity index (χ2n) is 5.75. The molecule has 2 aromatic carbocycles. The average molecular weight is 368 g/mol. The first kappa shape index (κ1) is 18.1. The van der Waals surface area contributed by atoms with Gasteiger partial charge >= 0.3 is 5.97 Å². The first-order chi connectivity index (χ1) is 12.6. The standard InChI is InChI=1S/C21H18ClNO3/c1-2-26-20(21(24)25)16-5-3-4-14(12-16)6-10-18-11-8-15-7-9-17(22)13-19(15)23-18/h3-13,20H,2H2,1H3,(H,24,25)/t20-/m1/s1. The fourth-order valence-corrected chi connectivity index (χ4v) is 2.85. The van der Waals surface area contributed by atoms with E-state index in [4.69, 9.17) is 16.3 Å². The maximum absolute atomic E-state index is 11.4. The maximum atomic E-state index is 11.4. The number of halogens is 1. The number of carboxylic acids is 1. The zero-order valence-electron chi connectivity index (χ0n) is 14.2. The zero-order chi connectivity index (χ0) is 18.5. The first-order valence-electron chi connectivity index (χ1n) is 8.25. The molecule has 5 heteroatoms. The van der Waals surface area contributed by atoms with Crippen LogP contribution in [-0.4, -0.2) is 22.7 Å². The van der Waals surface area contributed by atoms with Gasteiger partial charge < -0.3 is 9.84 Å². The van der Waals surface area contributed by atoms with Gasteiger partial charge in [-0.1, -0.05) is 48.0 Å². The fourth-order valence-electron chi connectivity index (χ4n) is 2.68. The Morgan fingerprint density at radius 3 is 2.77 bits per heavy atom. The number of aliphatic carboxylic acids is 1. The number of carboxylic acid groups (broad SMARTS) is 1. The number of hydrogen-bond donors (Lipinski definition) is 1. The number of benzene rings is 2. The van der Waals surface area contributed by atoms with Crippen LogP contribution in [0.1, 0.15) is 29.8 Å². The molecule has 0 bridgehead atoms. The molecule has 3 rings (SSSR count). The Kier molecular flexibility index (Phi) is 5.66. The van der Waals surface area contributed by atoms with Gasteiger partial charge in [0.15, 0.2) is 6.10 Å². The van der Waals surface area contributed by atoms with Gasteiger partial charge in [-0.25, -0.2) is 9.78 Å². The predicted molar refractivity (Wildman–Crippen MR) is 104 cm³/mol. The van der Waals surface area contributed by atoms with Gasteiger partial charge in [-0.2, -0.15) is 0 Å². The van der Waals surface area contributed by atoms with Crippen LogP contribution in [0.25, 0.3) is 23.1 Å². The van der Waals surface area contributed by atoms with Gasteiger partial charge in [0.1, 0.15) is 0 Å². The van der Waals surface area contributed by atoms with E-state index in [1.54, 1.807) is 13.0 Å². The normalized spacial score (nSPS) is 12.5. The summed E-state index contributed by atoms with van der Waals surface area (Å²) >= 11 is 6.02. The van der Waals surface area contributed by atoms with Crippen molar-refractivity contribution < 1.29 is 14.6 Å². The molecule has 4 nitrogen and oxygen atoms in total. The Morgan fingerprint density at radius 1 is 1.19 bits per heavy atom. The van der Waals surface area contributed by atoms with Crippen LogP contribution in [-0.2, 0) is 9.53 Å². The third-order valence-electron chi connectivity index (χ3n) is 3.89. The van der Waals surface area contributed by atoms with Crippen molar-refractivity contribution in [1.29, 1.82) is 0 Å². The number of pyridine rings is 1. The minimum atomic E-state index is -0.999. The van der Waals surface area contributed by atoms with E-state index in [1.807, 2.05) is 60.7 Å². The largest absolute Gasteiger partial charge is 0.479 e. The highest BCUT2D eigenvalue weighted by atomic mass is 35.5. The van der Waals surface area contributed by atoms with Crippen molar-refractivity contribution in [2.24, 2.45) is 0 Å². The number of ether oxygens (including phenoxy) is 1. The van der Waals surface area contributed by atoms with E-state index >= 15 is 0 Å². The van der Waals surface area contributed by atoms with Crippen molar-refractivity contribution in [1.82, 2.24) is 4.98 Å². The highest BCUT2D eigenvalue weighted by Crippen LogP contribution is 2.21. The van der Waals surface area contributed by atoms with Gasteiger partial charge in [0.2, 0.25) is 0 Å². The molecule has 0 saturated carbocycles. The van der Waals surface area contributed by atoms with E-state index in [9.17, 15) is 9.90 Å². The molecule has 0 fully saturated rings. The Morgan fingerprint density at radius 2 is 2.00 bits per heavy atom. The van der Waals surface area contributed by atoms with E-state index in [1.165, 1.54) is 0 Å². The van der Waals surface area contributed by atoms with Gasteiger partial charge in [0.25, 0.3) is 0 Å². The minimum Gasteiger partial charge on any atom is -0.479 e. The summed E-state index contributed by atoms with van der Waals surface area (Å²) in [4.78, 5) is 15.9. The molecular formula is C21H18ClNO3. The quantitative estimate of drug-likeness (QED) is 0.648. The molecule has 0 aliphatic carbocycles. The Labute approximate surface area is 156 Å². The number of fused-ring (bicyclic) bond motifs is 1. The van der Waals surface area contributed by atoms with Crippen LogP contribution in [0, 0.1) is 0 Å². The fraction of sp³-hybridized carbons (Fsp3) is 0.143. The zero-order valence-corrected chi connectivity index (χ0v) is 15.0. The number of aromatic nitrogens is 1. The summed E-state index contributed by atoms with van der Waals surface area (Å²) < 4.78 is 5.32. The van der Waals surface area contributed by atoms with Crippen LogP contribution < -0.4 is 0 Å². The monoisotopic (exact) mass is 367 g/mol. The summed E-state index contributed by atoms with van der Waals surface area (Å²) in [6.45, 7) is 2.11. The molecule has 0 amide bonds. The summed E-state index contributed by atoms with van der Waals surface area (Å²) in [6.07, 6.45) is 2.82. The van der Waals surface area contributed by atoms with E-state index in [0.717, 1.165) is 22.2 Å².